The predicted molar refractivity (Wildman–Crippen MR) is 52.7 cm³/mol. The molecule has 0 saturated heterocycles. The van der Waals surface area contributed by atoms with Crippen LogP contribution in [-0.4, -0.2) is 31.9 Å². The van der Waals surface area contributed by atoms with E-state index in [2.05, 4.69) is 10.4 Å². The average Bonchev–Trinajstić information content (AvgIpc) is 1.98. The van der Waals surface area contributed by atoms with Crippen LogP contribution in [0.4, 0.5) is 0 Å². The van der Waals surface area contributed by atoms with Gasteiger partial charge in [-0.3, -0.25) is 10.4 Å². The van der Waals surface area contributed by atoms with Crippen LogP contribution in [0.15, 0.2) is 4.99 Å². The number of aliphatic imine (C=N–C) groups is 1. The maximum absolute atomic E-state index is 11.2. The van der Waals surface area contributed by atoms with E-state index in [9.17, 15) is 8.42 Å². The summed E-state index contributed by atoms with van der Waals surface area (Å²) in [6.45, 7) is 3.24. The third-order valence-electron chi connectivity index (χ3n) is 1.78. The molecule has 0 heterocycles. The quantitative estimate of drug-likeness (QED) is 0.228. The van der Waals surface area contributed by atoms with E-state index in [1.54, 1.807) is 13.8 Å². The maximum atomic E-state index is 11.2. The normalized spacial score (nSPS) is 14.3. The van der Waals surface area contributed by atoms with Gasteiger partial charge in [0.15, 0.2) is 9.84 Å². The Morgan fingerprint density at radius 2 is 2.00 bits per heavy atom. The Balaban J connectivity index is 4.55. The highest BCUT2D eigenvalue weighted by molar-refractivity contribution is 7.92. The van der Waals surface area contributed by atoms with Crippen LogP contribution in [0, 0.1) is 0 Å². The smallest absolute Gasteiger partial charge is 0.203 e. The topological polar surface area (TPSA) is 111 Å². The van der Waals surface area contributed by atoms with Crippen LogP contribution in [0.1, 0.15) is 13.8 Å². The van der Waals surface area contributed by atoms with E-state index >= 15 is 0 Å². The van der Waals surface area contributed by atoms with Crippen LogP contribution in [0.2, 0.25) is 0 Å². The molecule has 5 N–H and O–H groups in total. The molecule has 0 amide bonds. The van der Waals surface area contributed by atoms with E-state index in [4.69, 9.17) is 11.6 Å². The number of sulfone groups is 1. The molecular formula is C6H16N4O2S. The maximum Gasteiger partial charge on any atom is 0.203 e. The first kappa shape index (κ1) is 12.2. The number of nitrogens with zero attached hydrogens (tertiary/aromatic N) is 1. The highest BCUT2D eigenvalue weighted by Gasteiger charge is 2.29. The van der Waals surface area contributed by atoms with Gasteiger partial charge < -0.3 is 5.73 Å². The molecule has 0 rings (SSSR count). The number of nitrogens with one attached hydrogen (secondary N) is 1. The molecule has 0 unspecified atom stereocenters. The van der Waals surface area contributed by atoms with Crippen molar-refractivity contribution in [3.8, 4) is 0 Å². The molecule has 0 aromatic carbocycles. The molecule has 0 atom stereocenters. The number of rotatable bonds is 3. The van der Waals surface area contributed by atoms with E-state index in [0.29, 0.717) is 0 Å². The lowest BCUT2D eigenvalue weighted by atomic mass is 10.2. The van der Waals surface area contributed by atoms with Crippen LogP contribution < -0.4 is 17.0 Å². The summed E-state index contributed by atoms with van der Waals surface area (Å²) in [5, 5.41) is 0. The lowest BCUT2D eigenvalue weighted by Crippen LogP contribution is -2.40. The molecule has 0 aromatic rings. The van der Waals surface area contributed by atoms with Crippen molar-refractivity contribution in [1.82, 2.24) is 5.43 Å². The minimum absolute atomic E-state index is 0.0247. The fourth-order valence-electron chi connectivity index (χ4n) is 0.438. The lowest BCUT2D eigenvalue weighted by Gasteiger charge is -2.19. The molecule has 0 spiro atoms. The van der Waals surface area contributed by atoms with Crippen molar-refractivity contribution in [2.24, 2.45) is 16.6 Å². The van der Waals surface area contributed by atoms with Crippen LogP contribution in [0.25, 0.3) is 0 Å². The average molecular weight is 208 g/mol. The van der Waals surface area contributed by atoms with E-state index in [1.807, 2.05) is 0 Å². The third-order valence-corrected chi connectivity index (χ3v) is 3.92. The standard InChI is InChI=1S/C6H16N4O2S/c1-6(2,13(3,11)12)4-9-5(7)10-8/h4,8H2,1-3H3,(H3,7,9,10). The second-order valence-corrected chi connectivity index (χ2v) is 6.03. The molecule has 78 valence electrons. The zero-order valence-corrected chi connectivity index (χ0v) is 8.85. The molecule has 0 bridgehead atoms. The molecule has 0 aliphatic heterocycles. The summed E-state index contributed by atoms with van der Waals surface area (Å²) in [4.78, 5) is 3.76. The fraction of sp³-hybridized carbons (Fsp3) is 0.833. The van der Waals surface area contributed by atoms with E-state index in [1.165, 1.54) is 0 Å². The minimum Gasteiger partial charge on any atom is -0.369 e. The van der Waals surface area contributed by atoms with E-state index < -0.39 is 14.6 Å². The third kappa shape index (κ3) is 3.60. The molecule has 0 aliphatic rings. The number of guanidine groups is 1. The molecule has 0 radical (unpaired) electrons. The van der Waals surface area contributed by atoms with Gasteiger partial charge >= 0.3 is 0 Å². The highest BCUT2D eigenvalue weighted by Crippen LogP contribution is 2.14. The summed E-state index contributed by atoms with van der Waals surface area (Å²) in [6, 6.07) is 0. The molecule has 13 heavy (non-hydrogen) atoms. The summed E-state index contributed by atoms with van der Waals surface area (Å²) in [6.07, 6.45) is 1.16. The predicted octanol–water partition coefficient (Wildman–Crippen LogP) is -1.41. The summed E-state index contributed by atoms with van der Waals surface area (Å²) in [7, 11) is -3.14. The van der Waals surface area contributed by atoms with Crippen LogP contribution >= 0.6 is 0 Å². The Hall–Kier alpha value is -0.820. The zero-order valence-electron chi connectivity index (χ0n) is 8.03. The summed E-state index contributed by atoms with van der Waals surface area (Å²) < 4.78 is 21.5. The number of hydrazine groups is 1. The zero-order chi connectivity index (χ0) is 10.7. The number of nitrogens with two attached hydrogens (primary N) is 2. The first-order chi connectivity index (χ1) is 5.70. The van der Waals surface area contributed by atoms with E-state index in [-0.39, 0.29) is 12.5 Å². The second kappa shape index (κ2) is 3.93. The van der Waals surface area contributed by atoms with Crippen molar-refractivity contribution < 1.29 is 8.42 Å². The van der Waals surface area contributed by atoms with Crippen molar-refractivity contribution in [1.29, 1.82) is 0 Å². The molecule has 7 heteroatoms. The van der Waals surface area contributed by atoms with Gasteiger partial charge in [0.25, 0.3) is 0 Å². The summed E-state index contributed by atoms with van der Waals surface area (Å²) >= 11 is 0. The minimum atomic E-state index is -3.14. The molecule has 0 saturated carbocycles. The Morgan fingerprint density at radius 3 is 2.31 bits per heavy atom. The SMILES string of the molecule is CC(C)(CN=C(N)NN)S(C)(=O)=O. The molecule has 0 fully saturated rings. The fourth-order valence-corrected chi connectivity index (χ4v) is 0.738. The monoisotopic (exact) mass is 208 g/mol. The Labute approximate surface area is 78.3 Å². The van der Waals surface area contributed by atoms with Crippen LogP contribution in [-0.2, 0) is 9.84 Å². The van der Waals surface area contributed by atoms with Gasteiger partial charge in [-0.25, -0.2) is 14.3 Å². The summed E-state index contributed by atoms with van der Waals surface area (Å²) in [5.74, 6) is 4.98. The Bertz CT molecular complexity index is 294. The van der Waals surface area contributed by atoms with Crippen molar-refractivity contribution in [3.05, 3.63) is 0 Å². The summed E-state index contributed by atoms with van der Waals surface area (Å²) in [5.41, 5.74) is 7.36. The van der Waals surface area contributed by atoms with Gasteiger partial charge in [-0.2, -0.15) is 0 Å². The van der Waals surface area contributed by atoms with Gasteiger partial charge in [-0.15, -0.1) is 0 Å². The van der Waals surface area contributed by atoms with Crippen LogP contribution in [0.5, 0.6) is 0 Å². The van der Waals surface area contributed by atoms with Crippen molar-refractivity contribution >= 4 is 15.8 Å². The molecule has 6 nitrogen and oxygen atoms in total. The Kier molecular flexibility index (Phi) is 3.68. The molecule has 0 aliphatic carbocycles. The molecular weight excluding hydrogens is 192 g/mol. The molecule has 0 aromatic heterocycles. The second-order valence-electron chi connectivity index (χ2n) is 3.38. The number of hydrogen-bond acceptors (Lipinski definition) is 4. The van der Waals surface area contributed by atoms with Gasteiger partial charge in [0.2, 0.25) is 5.96 Å². The van der Waals surface area contributed by atoms with Crippen molar-refractivity contribution in [2.75, 3.05) is 12.8 Å². The van der Waals surface area contributed by atoms with Gasteiger partial charge in [0.05, 0.1) is 11.3 Å². The van der Waals surface area contributed by atoms with Crippen molar-refractivity contribution in [2.45, 2.75) is 18.6 Å². The first-order valence-electron chi connectivity index (χ1n) is 3.67. The largest absolute Gasteiger partial charge is 0.369 e. The van der Waals surface area contributed by atoms with Gasteiger partial charge in [0, 0.05) is 6.26 Å². The van der Waals surface area contributed by atoms with E-state index in [0.717, 1.165) is 6.26 Å². The number of hydrogen-bond donors (Lipinski definition) is 3. The van der Waals surface area contributed by atoms with Gasteiger partial charge in [0.1, 0.15) is 0 Å². The van der Waals surface area contributed by atoms with Gasteiger partial charge in [-0.05, 0) is 13.8 Å². The van der Waals surface area contributed by atoms with Crippen molar-refractivity contribution in [3.63, 3.8) is 0 Å². The highest BCUT2D eigenvalue weighted by atomic mass is 32.2. The lowest BCUT2D eigenvalue weighted by molar-refractivity contribution is 0.555. The van der Waals surface area contributed by atoms with Crippen LogP contribution in [0.3, 0.4) is 0 Å². The van der Waals surface area contributed by atoms with Gasteiger partial charge in [-0.1, -0.05) is 0 Å². The Morgan fingerprint density at radius 1 is 1.54 bits per heavy atom. The first-order valence-corrected chi connectivity index (χ1v) is 5.56.